The summed E-state index contributed by atoms with van der Waals surface area (Å²) in [7, 11) is 1.68. The molecule has 0 bridgehead atoms. The molecule has 0 aromatic carbocycles. The third-order valence-corrected chi connectivity index (χ3v) is 1.85. The number of nitriles is 1. The number of carbonyl (C=O) groups excluding carboxylic acids is 1. The summed E-state index contributed by atoms with van der Waals surface area (Å²) in [5.74, 6) is -0.0721. The molecule has 0 aliphatic rings. The molecule has 0 saturated heterocycles. The Balaban J connectivity index is 3.88. The van der Waals surface area contributed by atoms with Gasteiger partial charge in [0.05, 0.1) is 18.5 Å². The highest BCUT2D eigenvalue weighted by Crippen LogP contribution is 1.98. The van der Waals surface area contributed by atoms with Crippen molar-refractivity contribution in [3.63, 3.8) is 0 Å². The van der Waals surface area contributed by atoms with Crippen molar-refractivity contribution in [3.05, 3.63) is 0 Å². The van der Waals surface area contributed by atoms with Gasteiger partial charge in [-0.05, 0) is 6.42 Å². The molecule has 0 aromatic rings. The van der Waals surface area contributed by atoms with Crippen LogP contribution in [0.25, 0.3) is 0 Å². The zero-order chi connectivity index (χ0) is 10.3. The van der Waals surface area contributed by atoms with Crippen molar-refractivity contribution in [1.82, 2.24) is 4.90 Å². The summed E-state index contributed by atoms with van der Waals surface area (Å²) in [6, 6.07) is 1.58. The van der Waals surface area contributed by atoms with E-state index >= 15 is 0 Å². The average Bonchev–Trinajstić information content (AvgIpc) is 2.13. The summed E-state index contributed by atoms with van der Waals surface area (Å²) in [5, 5.41) is 8.32. The Bertz CT molecular complexity index is 198. The first-order chi connectivity index (χ1) is 6.13. The molecule has 0 heterocycles. The predicted octanol–water partition coefficient (Wildman–Crippen LogP) is 0.486. The van der Waals surface area contributed by atoms with Crippen molar-refractivity contribution in [1.29, 1.82) is 5.26 Å². The molecule has 13 heavy (non-hydrogen) atoms. The lowest BCUT2D eigenvalue weighted by Gasteiger charge is -2.19. The smallest absolute Gasteiger partial charge is 0.239 e. The molecule has 0 rings (SSSR count). The molecule has 4 nitrogen and oxygen atoms in total. The van der Waals surface area contributed by atoms with Crippen molar-refractivity contribution in [2.45, 2.75) is 32.2 Å². The molecule has 0 fully saturated rings. The zero-order valence-corrected chi connectivity index (χ0v) is 8.29. The van der Waals surface area contributed by atoms with Crippen LogP contribution < -0.4 is 5.73 Å². The van der Waals surface area contributed by atoms with Crippen LogP contribution in [0.4, 0.5) is 0 Å². The van der Waals surface area contributed by atoms with Crippen LogP contribution in [0.2, 0.25) is 0 Å². The van der Waals surface area contributed by atoms with Crippen LogP contribution in [0, 0.1) is 11.3 Å². The molecular weight excluding hydrogens is 166 g/mol. The molecule has 0 aliphatic heterocycles. The van der Waals surface area contributed by atoms with E-state index in [1.807, 2.05) is 13.0 Å². The van der Waals surface area contributed by atoms with Gasteiger partial charge in [-0.3, -0.25) is 4.79 Å². The van der Waals surface area contributed by atoms with E-state index < -0.39 is 6.04 Å². The van der Waals surface area contributed by atoms with Crippen LogP contribution in [-0.4, -0.2) is 30.4 Å². The van der Waals surface area contributed by atoms with E-state index in [4.69, 9.17) is 11.0 Å². The Morgan fingerprint density at radius 3 is 2.77 bits per heavy atom. The lowest BCUT2D eigenvalue weighted by Crippen LogP contribution is -2.41. The Morgan fingerprint density at radius 1 is 1.69 bits per heavy atom. The van der Waals surface area contributed by atoms with Crippen molar-refractivity contribution >= 4 is 5.91 Å². The molecule has 0 aliphatic carbocycles. The van der Waals surface area contributed by atoms with Crippen LogP contribution >= 0.6 is 0 Å². The number of hydrogen-bond acceptors (Lipinski definition) is 3. The summed E-state index contributed by atoms with van der Waals surface area (Å²) < 4.78 is 0. The fourth-order valence-corrected chi connectivity index (χ4v) is 1.05. The van der Waals surface area contributed by atoms with Gasteiger partial charge in [-0.1, -0.05) is 13.3 Å². The number of amides is 1. The second-order valence-electron chi connectivity index (χ2n) is 3.06. The topological polar surface area (TPSA) is 70.1 Å². The third kappa shape index (κ3) is 4.48. The molecule has 0 radical (unpaired) electrons. The van der Waals surface area contributed by atoms with Gasteiger partial charge in [-0.25, -0.2) is 0 Å². The molecule has 0 unspecified atom stereocenters. The van der Waals surface area contributed by atoms with E-state index in [1.54, 1.807) is 7.05 Å². The van der Waals surface area contributed by atoms with E-state index in [0.717, 1.165) is 6.42 Å². The van der Waals surface area contributed by atoms with Gasteiger partial charge in [0.1, 0.15) is 0 Å². The molecule has 1 atom stereocenters. The van der Waals surface area contributed by atoms with E-state index in [1.165, 1.54) is 4.90 Å². The highest BCUT2D eigenvalue weighted by atomic mass is 16.2. The number of rotatable bonds is 5. The summed E-state index contributed by atoms with van der Waals surface area (Å²) in [6.45, 7) is 2.45. The number of nitrogens with zero attached hydrogens (tertiary/aromatic N) is 2. The summed E-state index contributed by atoms with van der Waals surface area (Å²) in [4.78, 5) is 12.9. The average molecular weight is 183 g/mol. The Labute approximate surface area is 79.3 Å². The lowest BCUT2D eigenvalue weighted by molar-refractivity contribution is -0.131. The van der Waals surface area contributed by atoms with Gasteiger partial charge in [0.2, 0.25) is 5.91 Å². The van der Waals surface area contributed by atoms with E-state index in [2.05, 4.69) is 0 Å². The van der Waals surface area contributed by atoms with Crippen LogP contribution in [0.3, 0.4) is 0 Å². The molecule has 4 heteroatoms. The van der Waals surface area contributed by atoms with Crippen molar-refractivity contribution in [2.75, 3.05) is 13.6 Å². The third-order valence-electron chi connectivity index (χ3n) is 1.85. The van der Waals surface area contributed by atoms with Gasteiger partial charge in [-0.2, -0.15) is 5.26 Å². The quantitative estimate of drug-likeness (QED) is 0.674. The van der Waals surface area contributed by atoms with Crippen LogP contribution in [0.1, 0.15) is 26.2 Å². The Morgan fingerprint density at radius 2 is 2.31 bits per heavy atom. The number of carbonyl (C=O) groups is 1. The normalized spacial score (nSPS) is 11.8. The van der Waals surface area contributed by atoms with Crippen molar-refractivity contribution in [3.8, 4) is 6.07 Å². The van der Waals surface area contributed by atoms with Gasteiger partial charge in [0.25, 0.3) is 0 Å². The largest absolute Gasteiger partial charge is 0.343 e. The highest BCUT2D eigenvalue weighted by Gasteiger charge is 2.16. The first-order valence-electron chi connectivity index (χ1n) is 4.51. The first-order valence-corrected chi connectivity index (χ1v) is 4.51. The predicted molar refractivity (Wildman–Crippen MR) is 50.8 cm³/mol. The van der Waals surface area contributed by atoms with Crippen molar-refractivity contribution < 1.29 is 4.79 Å². The number of hydrogen-bond donors (Lipinski definition) is 1. The molecule has 0 spiro atoms. The van der Waals surface area contributed by atoms with E-state index in [9.17, 15) is 4.79 Å². The van der Waals surface area contributed by atoms with Crippen LogP contribution in [-0.2, 0) is 4.79 Å². The van der Waals surface area contributed by atoms with Crippen molar-refractivity contribution in [2.24, 2.45) is 5.73 Å². The van der Waals surface area contributed by atoms with Gasteiger partial charge in [0.15, 0.2) is 0 Å². The molecule has 1 amide bonds. The van der Waals surface area contributed by atoms with Crippen LogP contribution in [0.5, 0.6) is 0 Å². The first kappa shape index (κ1) is 11.9. The fraction of sp³-hybridized carbons (Fsp3) is 0.778. The zero-order valence-electron chi connectivity index (χ0n) is 8.29. The highest BCUT2D eigenvalue weighted by molar-refractivity contribution is 5.81. The van der Waals surface area contributed by atoms with Gasteiger partial charge in [-0.15, -0.1) is 0 Å². The fourth-order valence-electron chi connectivity index (χ4n) is 1.05. The summed E-state index contributed by atoms with van der Waals surface area (Å²) in [6.07, 6.45) is 1.97. The minimum absolute atomic E-state index is 0.0721. The summed E-state index contributed by atoms with van der Waals surface area (Å²) >= 11 is 0. The molecule has 0 saturated carbocycles. The molecular formula is C9H17N3O. The minimum atomic E-state index is -0.409. The van der Waals surface area contributed by atoms with Gasteiger partial charge in [0, 0.05) is 13.6 Å². The maximum absolute atomic E-state index is 11.4. The number of nitrogens with two attached hydrogens (primary N) is 1. The maximum atomic E-state index is 11.4. The lowest BCUT2D eigenvalue weighted by atomic mass is 10.1. The van der Waals surface area contributed by atoms with Gasteiger partial charge >= 0.3 is 0 Å². The molecule has 0 aromatic heterocycles. The second kappa shape index (κ2) is 6.44. The standard InChI is InChI=1S/C9H17N3O/c1-3-5-8(11)9(13)12(2)7-4-6-10/h8H,3-5,7,11H2,1-2H3/t8-/m0/s1. The Hall–Kier alpha value is -1.08. The van der Waals surface area contributed by atoms with E-state index in [-0.39, 0.29) is 5.91 Å². The summed E-state index contributed by atoms with van der Waals surface area (Å²) in [5.41, 5.74) is 5.63. The SMILES string of the molecule is CCC[C@H](N)C(=O)N(C)CCC#N. The maximum Gasteiger partial charge on any atom is 0.239 e. The van der Waals surface area contributed by atoms with Crippen LogP contribution in [0.15, 0.2) is 0 Å². The minimum Gasteiger partial charge on any atom is -0.343 e. The number of likely N-dealkylation sites (N-methyl/N-ethyl adjacent to an activating group) is 1. The second-order valence-corrected chi connectivity index (χ2v) is 3.06. The van der Waals surface area contributed by atoms with Gasteiger partial charge < -0.3 is 10.6 Å². The van der Waals surface area contributed by atoms with E-state index in [0.29, 0.717) is 19.4 Å². The Kier molecular flexibility index (Phi) is 5.90. The molecule has 74 valence electrons. The monoisotopic (exact) mass is 183 g/mol. The molecule has 2 N–H and O–H groups in total.